The summed E-state index contributed by atoms with van der Waals surface area (Å²) >= 11 is 6.19. The third kappa shape index (κ3) is 13.7. The second-order valence-corrected chi connectivity index (χ2v) is 5.41. The van der Waals surface area contributed by atoms with Crippen LogP contribution in [0.3, 0.4) is 0 Å². The van der Waals surface area contributed by atoms with Crippen LogP contribution < -0.4 is 0 Å². The lowest BCUT2D eigenvalue weighted by molar-refractivity contribution is -0.137. The third-order valence-electron chi connectivity index (χ3n) is 3.03. The number of alkyl halides is 1. The van der Waals surface area contributed by atoms with Gasteiger partial charge >= 0.3 is 5.97 Å². The summed E-state index contributed by atoms with van der Waals surface area (Å²) in [6.45, 7) is 2.23. The molecule has 0 heterocycles. The van der Waals surface area contributed by atoms with E-state index in [4.69, 9.17) is 16.7 Å². The van der Waals surface area contributed by atoms with Crippen LogP contribution in [0, 0.1) is 0 Å². The minimum Gasteiger partial charge on any atom is -0.481 e. The summed E-state index contributed by atoms with van der Waals surface area (Å²) in [6.07, 6.45) is 11.9. The highest BCUT2D eigenvalue weighted by Gasteiger charge is 2.05. The van der Waals surface area contributed by atoms with Crippen LogP contribution in [-0.4, -0.2) is 16.5 Å². The van der Waals surface area contributed by atoms with Crippen molar-refractivity contribution in [2.75, 3.05) is 0 Å². The summed E-state index contributed by atoms with van der Waals surface area (Å²) < 4.78 is 0. The lowest BCUT2D eigenvalue weighted by atomic mass is 10.0. The molecule has 0 aliphatic heterocycles. The summed E-state index contributed by atoms with van der Waals surface area (Å²) in [5, 5.41) is 8.74. The van der Waals surface area contributed by atoms with E-state index in [0.29, 0.717) is 0 Å². The van der Waals surface area contributed by atoms with Gasteiger partial charge in [0.1, 0.15) is 0 Å². The van der Waals surface area contributed by atoms with E-state index in [1.165, 1.54) is 38.5 Å². The van der Waals surface area contributed by atoms with Gasteiger partial charge in [-0.2, -0.15) is 0 Å². The van der Waals surface area contributed by atoms with E-state index in [-0.39, 0.29) is 11.8 Å². The summed E-state index contributed by atoms with van der Waals surface area (Å²) in [5.74, 6) is -0.702. The van der Waals surface area contributed by atoms with Gasteiger partial charge in [0.25, 0.3) is 0 Å². The van der Waals surface area contributed by atoms with Crippen molar-refractivity contribution in [1.29, 1.82) is 0 Å². The van der Waals surface area contributed by atoms with Crippen LogP contribution in [0.1, 0.15) is 77.6 Å². The van der Waals surface area contributed by atoms with Crippen molar-refractivity contribution in [3.05, 3.63) is 0 Å². The zero-order valence-corrected chi connectivity index (χ0v) is 11.8. The quantitative estimate of drug-likeness (QED) is 0.397. The van der Waals surface area contributed by atoms with Crippen LogP contribution in [0.2, 0.25) is 0 Å². The van der Waals surface area contributed by atoms with Gasteiger partial charge in [-0.25, -0.2) is 0 Å². The Morgan fingerprint density at radius 3 is 2.12 bits per heavy atom. The van der Waals surface area contributed by atoms with Crippen LogP contribution in [0.15, 0.2) is 0 Å². The molecule has 0 amide bonds. The predicted molar refractivity (Wildman–Crippen MR) is 73.7 cm³/mol. The normalized spacial score (nSPS) is 12.6. The second kappa shape index (κ2) is 12.2. The maximum Gasteiger partial charge on any atom is 0.303 e. The van der Waals surface area contributed by atoms with Gasteiger partial charge in [-0.15, -0.1) is 11.6 Å². The fourth-order valence-electron chi connectivity index (χ4n) is 1.93. The molecule has 0 aliphatic rings. The Balaban J connectivity index is 3.17. The summed E-state index contributed by atoms with van der Waals surface area (Å²) in [7, 11) is 0. The first-order valence-corrected chi connectivity index (χ1v) is 7.46. The van der Waals surface area contributed by atoms with Gasteiger partial charge in [-0.05, 0) is 19.3 Å². The standard InChI is InChI=1S/C14H27ClO2/c1-2-3-4-5-6-7-10-13(15)11-8-9-12-14(16)17/h13H,2-12H2,1H3,(H,16,17). The van der Waals surface area contributed by atoms with E-state index in [2.05, 4.69) is 6.92 Å². The van der Waals surface area contributed by atoms with Crippen molar-refractivity contribution in [2.24, 2.45) is 0 Å². The maximum atomic E-state index is 10.3. The van der Waals surface area contributed by atoms with E-state index < -0.39 is 5.97 Å². The highest BCUT2D eigenvalue weighted by atomic mass is 35.5. The Kier molecular flexibility index (Phi) is 12.1. The molecule has 0 bridgehead atoms. The van der Waals surface area contributed by atoms with E-state index in [1.807, 2.05) is 0 Å². The van der Waals surface area contributed by atoms with Crippen molar-refractivity contribution in [1.82, 2.24) is 0 Å². The molecule has 0 saturated carbocycles. The molecule has 17 heavy (non-hydrogen) atoms. The smallest absolute Gasteiger partial charge is 0.303 e. The molecule has 1 N–H and O–H groups in total. The molecule has 0 radical (unpaired) electrons. The van der Waals surface area contributed by atoms with Gasteiger partial charge in [0, 0.05) is 11.8 Å². The average molecular weight is 263 g/mol. The number of halogens is 1. The monoisotopic (exact) mass is 262 g/mol. The van der Waals surface area contributed by atoms with E-state index in [1.54, 1.807) is 0 Å². The lowest BCUT2D eigenvalue weighted by Gasteiger charge is -2.08. The van der Waals surface area contributed by atoms with Crippen molar-refractivity contribution < 1.29 is 9.90 Å². The zero-order chi connectivity index (χ0) is 12.9. The topological polar surface area (TPSA) is 37.3 Å². The Hall–Kier alpha value is -0.240. The zero-order valence-electron chi connectivity index (χ0n) is 11.1. The van der Waals surface area contributed by atoms with Gasteiger partial charge in [0.05, 0.1) is 0 Å². The molecule has 0 aliphatic carbocycles. The van der Waals surface area contributed by atoms with Gasteiger partial charge < -0.3 is 5.11 Å². The predicted octanol–water partition coefficient (Wildman–Crippen LogP) is 4.99. The van der Waals surface area contributed by atoms with Crippen LogP contribution in [0.5, 0.6) is 0 Å². The molecule has 0 aromatic carbocycles. The third-order valence-corrected chi connectivity index (χ3v) is 3.47. The highest BCUT2D eigenvalue weighted by molar-refractivity contribution is 6.20. The van der Waals surface area contributed by atoms with Crippen LogP contribution >= 0.6 is 11.6 Å². The number of carbonyl (C=O) groups is 1. The largest absolute Gasteiger partial charge is 0.481 e. The number of unbranched alkanes of at least 4 members (excludes halogenated alkanes) is 6. The van der Waals surface area contributed by atoms with E-state index >= 15 is 0 Å². The maximum absolute atomic E-state index is 10.3. The average Bonchev–Trinajstić information content (AvgIpc) is 2.29. The van der Waals surface area contributed by atoms with Crippen molar-refractivity contribution in [2.45, 2.75) is 82.9 Å². The molecule has 0 fully saturated rings. The number of rotatable bonds is 12. The molecule has 1 unspecified atom stereocenters. The highest BCUT2D eigenvalue weighted by Crippen LogP contribution is 2.17. The number of hydrogen-bond donors (Lipinski definition) is 1. The number of carboxylic acid groups (broad SMARTS) is 1. The summed E-state index contributed by atoms with van der Waals surface area (Å²) in [4.78, 5) is 10.3. The molecule has 0 aromatic heterocycles. The fourth-order valence-corrected chi connectivity index (χ4v) is 2.24. The molecule has 0 rings (SSSR count). The van der Waals surface area contributed by atoms with Gasteiger partial charge in [-0.1, -0.05) is 51.9 Å². The molecular weight excluding hydrogens is 236 g/mol. The lowest BCUT2D eigenvalue weighted by Crippen LogP contribution is -2.00. The molecule has 102 valence electrons. The van der Waals surface area contributed by atoms with E-state index in [0.717, 1.165) is 25.7 Å². The first-order valence-electron chi connectivity index (χ1n) is 7.02. The number of carboxylic acids is 1. The first kappa shape index (κ1) is 16.8. The van der Waals surface area contributed by atoms with Crippen LogP contribution in [-0.2, 0) is 4.79 Å². The number of hydrogen-bond acceptors (Lipinski definition) is 1. The Morgan fingerprint density at radius 1 is 1.00 bits per heavy atom. The van der Waals surface area contributed by atoms with Crippen molar-refractivity contribution in [3.63, 3.8) is 0 Å². The molecular formula is C14H27ClO2. The fraction of sp³-hybridized carbons (Fsp3) is 0.929. The SMILES string of the molecule is CCCCCCCCC(Cl)CCCCC(=O)O. The number of aliphatic carboxylic acids is 1. The molecule has 0 saturated heterocycles. The van der Waals surface area contributed by atoms with Gasteiger partial charge in [0.2, 0.25) is 0 Å². The Bertz CT molecular complexity index is 183. The molecule has 0 aromatic rings. The summed E-state index contributed by atoms with van der Waals surface area (Å²) in [6, 6.07) is 0. The second-order valence-electron chi connectivity index (χ2n) is 4.79. The molecule has 1 atom stereocenters. The molecule has 2 nitrogen and oxygen atoms in total. The minimum atomic E-state index is -0.702. The van der Waals surface area contributed by atoms with Crippen LogP contribution in [0.4, 0.5) is 0 Å². The molecule has 3 heteroatoms. The Labute approximate surface area is 111 Å². The van der Waals surface area contributed by atoms with Crippen molar-refractivity contribution >= 4 is 17.6 Å². The minimum absolute atomic E-state index is 0.245. The molecule has 0 spiro atoms. The van der Waals surface area contributed by atoms with Crippen LogP contribution in [0.25, 0.3) is 0 Å². The summed E-state index contributed by atoms with van der Waals surface area (Å²) in [5.41, 5.74) is 0. The Morgan fingerprint density at radius 2 is 1.53 bits per heavy atom. The van der Waals surface area contributed by atoms with Crippen molar-refractivity contribution in [3.8, 4) is 0 Å². The van der Waals surface area contributed by atoms with Gasteiger partial charge in [0.15, 0.2) is 0 Å². The van der Waals surface area contributed by atoms with Gasteiger partial charge in [-0.3, -0.25) is 4.79 Å². The first-order chi connectivity index (χ1) is 8.16. The van der Waals surface area contributed by atoms with E-state index in [9.17, 15) is 4.79 Å².